The lowest BCUT2D eigenvalue weighted by Gasteiger charge is -2.23. The average molecular weight is 318 g/mol. The van der Waals surface area contributed by atoms with Crippen LogP contribution in [-0.2, 0) is 4.79 Å². The fourth-order valence-electron chi connectivity index (χ4n) is 1.85. The second-order valence-electron chi connectivity index (χ2n) is 4.61. The van der Waals surface area contributed by atoms with Crippen molar-refractivity contribution in [2.45, 2.75) is 24.4 Å². The number of aliphatic hydroxyl groups is 4. The Morgan fingerprint density at radius 1 is 1.09 bits per heavy atom. The Bertz CT molecular complexity index is 667. The largest absolute Gasteiger partial charge is 0.479 e. The van der Waals surface area contributed by atoms with Crippen LogP contribution in [0.15, 0.2) is 12.1 Å². The lowest BCUT2D eigenvalue weighted by molar-refractivity contribution is -0.163. The number of hydrogen-bond donors (Lipinski definition) is 6. The van der Waals surface area contributed by atoms with E-state index in [0.29, 0.717) is 0 Å². The van der Waals surface area contributed by atoms with Crippen LogP contribution in [0, 0.1) is 11.6 Å². The summed E-state index contributed by atoms with van der Waals surface area (Å²) in [5, 5.41) is 46.6. The fourth-order valence-corrected chi connectivity index (χ4v) is 1.85. The van der Waals surface area contributed by atoms with Crippen molar-refractivity contribution in [3.05, 3.63) is 29.6 Å². The molecule has 0 aliphatic heterocycles. The van der Waals surface area contributed by atoms with E-state index in [0.717, 1.165) is 12.1 Å². The standard InChI is InChI=1S/C12H12F2N2O6/c13-3-1-5-6(2-4(3)14)16-11(15-5)9(19)7(17)8(18)10(20)12(21)22/h1-2,7-10,17-20H,(H,15,16)(H,21,22)/t7?,8-,9?,10?/m1/s1. The number of benzene rings is 1. The van der Waals surface area contributed by atoms with Gasteiger partial charge in [0.2, 0.25) is 0 Å². The Kier molecular flexibility index (Phi) is 4.37. The minimum absolute atomic E-state index is 0.0217. The third-order valence-electron chi connectivity index (χ3n) is 3.07. The summed E-state index contributed by atoms with van der Waals surface area (Å²) in [6.45, 7) is 0. The highest BCUT2D eigenvalue weighted by Crippen LogP contribution is 2.23. The molecule has 6 N–H and O–H groups in total. The van der Waals surface area contributed by atoms with Crippen LogP contribution in [0.4, 0.5) is 8.78 Å². The van der Waals surface area contributed by atoms with Gasteiger partial charge in [-0.1, -0.05) is 0 Å². The predicted molar refractivity (Wildman–Crippen MR) is 66.6 cm³/mol. The van der Waals surface area contributed by atoms with Gasteiger partial charge in [-0.2, -0.15) is 0 Å². The van der Waals surface area contributed by atoms with E-state index in [1.54, 1.807) is 0 Å². The molecule has 3 unspecified atom stereocenters. The van der Waals surface area contributed by atoms with E-state index in [-0.39, 0.29) is 16.9 Å². The van der Waals surface area contributed by atoms with Gasteiger partial charge in [0.1, 0.15) is 24.1 Å². The second-order valence-corrected chi connectivity index (χ2v) is 4.61. The lowest BCUT2D eigenvalue weighted by atomic mass is 10.0. The summed E-state index contributed by atoms with van der Waals surface area (Å²) in [6, 6.07) is 1.54. The van der Waals surface area contributed by atoms with E-state index in [1.165, 1.54) is 0 Å². The van der Waals surface area contributed by atoms with Crippen LogP contribution in [0.1, 0.15) is 11.9 Å². The summed E-state index contributed by atoms with van der Waals surface area (Å²) >= 11 is 0. The number of imidazole rings is 1. The number of carboxylic acid groups (broad SMARTS) is 1. The normalized spacial score (nSPS) is 17.2. The number of aliphatic hydroxyl groups excluding tert-OH is 4. The van der Waals surface area contributed by atoms with E-state index in [9.17, 15) is 28.9 Å². The number of nitrogens with one attached hydrogen (secondary N) is 1. The molecule has 2 aromatic rings. The third kappa shape index (κ3) is 2.90. The molecule has 1 aromatic heterocycles. The zero-order valence-corrected chi connectivity index (χ0v) is 10.8. The number of aliphatic carboxylic acids is 1. The van der Waals surface area contributed by atoms with Crippen LogP contribution in [0.2, 0.25) is 0 Å². The molecule has 0 radical (unpaired) electrons. The highest BCUT2D eigenvalue weighted by atomic mass is 19.2. The number of nitrogens with zero attached hydrogens (tertiary/aromatic N) is 1. The summed E-state index contributed by atoms with van der Waals surface area (Å²) in [4.78, 5) is 16.6. The first-order valence-corrected chi connectivity index (χ1v) is 6.02. The number of rotatable bonds is 5. The van der Waals surface area contributed by atoms with Crippen LogP contribution in [-0.4, -0.2) is 59.8 Å². The second kappa shape index (κ2) is 5.93. The molecule has 4 atom stereocenters. The molecule has 0 saturated heterocycles. The first-order chi connectivity index (χ1) is 10.2. The van der Waals surface area contributed by atoms with Gasteiger partial charge in [-0.15, -0.1) is 0 Å². The quantitative estimate of drug-likeness (QED) is 0.416. The van der Waals surface area contributed by atoms with Crippen molar-refractivity contribution >= 4 is 17.0 Å². The molecule has 120 valence electrons. The lowest BCUT2D eigenvalue weighted by Crippen LogP contribution is -2.45. The highest BCUT2D eigenvalue weighted by Gasteiger charge is 2.36. The highest BCUT2D eigenvalue weighted by molar-refractivity contribution is 5.75. The Morgan fingerprint density at radius 2 is 1.68 bits per heavy atom. The van der Waals surface area contributed by atoms with Crippen LogP contribution in [0.3, 0.4) is 0 Å². The van der Waals surface area contributed by atoms with E-state index in [2.05, 4.69) is 9.97 Å². The van der Waals surface area contributed by atoms with Crippen molar-refractivity contribution < 1.29 is 39.1 Å². The minimum Gasteiger partial charge on any atom is -0.479 e. The number of carboxylic acids is 1. The number of carbonyl (C=O) groups is 1. The topological polar surface area (TPSA) is 147 Å². The molecule has 0 fully saturated rings. The Morgan fingerprint density at radius 3 is 2.27 bits per heavy atom. The van der Waals surface area contributed by atoms with Crippen LogP contribution in [0.25, 0.3) is 11.0 Å². The monoisotopic (exact) mass is 318 g/mol. The first-order valence-electron chi connectivity index (χ1n) is 6.02. The predicted octanol–water partition coefficient (Wildman–Crippen LogP) is -0.958. The van der Waals surface area contributed by atoms with Crippen LogP contribution < -0.4 is 0 Å². The summed E-state index contributed by atoms with van der Waals surface area (Å²) in [7, 11) is 0. The summed E-state index contributed by atoms with van der Waals surface area (Å²) < 4.78 is 26.1. The molecule has 10 heteroatoms. The van der Waals surface area contributed by atoms with Crippen molar-refractivity contribution in [1.29, 1.82) is 0 Å². The molecule has 8 nitrogen and oxygen atoms in total. The average Bonchev–Trinajstić information content (AvgIpc) is 2.87. The Hall–Kier alpha value is -2.14. The zero-order valence-electron chi connectivity index (χ0n) is 10.8. The number of aromatic nitrogens is 2. The number of hydrogen-bond acceptors (Lipinski definition) is 6. The molecule has 0 aliphatic rings. The first kappa shape index (κ1) is 16.2. The maximum atomic E-state index is 13.1. The van der Waals surface area contributed by atoms with E-state index < -0.39 is 42.0 Å². The van der Waals surface area contributed by atoms with Gasteiger partial charge in [-0.3, -0.25) is 0 Å². The molecule has 0 saturated carbocycles. The van der Waals surface area contributed by atoms with Gasteiger partial charge in [-0.05, 0) is 0 Å². The SMILES string of the molecule is O=C(O)C(O)[C@H](O)C(O)C(O)c1nc2cc(F)c(F)cc2[nH]1. The number of fused-ring (bicyclic) bond motifs is 1. The maximum absolute atomic E-state index is 13.1. The molecular formula is C12H12F2N2O6. The third-order valence-corrected chi connectivity index (χ3v) is 3.07. The molecular weight excluding hydrogens is 306 g/mol. The van der Waals surface area contributed by atoms with Crippen LogP contribution in [0.5, 0.6) is 0 Å². The molecule has 1 aromatic carbocycles. The molecule has 0 amide bonds. The maximum Gasteiger partial charge on any atom is 0.335 e. The molecule has 22 heavy (non-hydrogen) atoms. The van der Waals surface area contributed by atoms with E-state index in [4.69, 9.17) is 10.2 Å². The summed E-state index contributed by atoms with van der Waals surface area (Å²) in [5.74, 6) is -4.47. The number of aromatic amines is 1. The van der Waals surface area contributed by atoms with E-state index in [1.807, 2.05) is 0 Å². The van der Waals surface area contributed by atoms with Crippen molar-refractivity contribution in [2.75, 3.05) is 0 Å². The van der Waals surface area contributed by atoms with Crippen molar-refractivity contribution in [2.24, 2.45) is 0 Å². The Balaban J connectivity index is 2.29. The minimum atomic E-state index is -2.33. The Labute approximate surface area is 121 Å². The van der Waals surface area contributed by atoms with Gasteiger partial charge in [0.15, 0.2) is 17.7 Å². The van der Waals surface area contributed by atoms with Crippen molar-refractivity contribution in [1.82, 2.24) is 9.97 Å². The van der Waals surface area contributed by atoms with Gasteiger partial charge >= 0.3 is 5.97 Å². The van der Waals surface area contributed by atoms with Gasteiger partial charge in [-0.25, -0.2) is 18.6 Å². The van der Waals surface area contributed by atoms with Crippen molar-refractivity contribution in [3.8, 4) is 0 Å². The van der Waals surface area contributed by atoms with Crippen molar-refractivity contribution in [3.63, 3.8) is 0 Å². The van der Waals surface area contributed by atoms with Gasteiger partial charge in [0.25, 0.3) is 0 Å². The summed E-state index contributed by atoms with van der Waals surface area (Å²) in [6.07, 6.45) is -8.54. The smallest absolute Gasteiger partial charge is 0.335 e. The molecule has 0 bridgehead atoms. The fraction of sp³-hybridized carbons (Fsp3) is 0.333. The molecule has 0 aliphatic carbocycles. The van der Waals surface area contributed by atoms with Gasteiger partial charge in [0, 0.05) is 12.1 Å². The molecule has 0 spiro atoms. The molecule has 2 rings (SSSR count). The zero-order chi connectivity index (χ0) is 16.6. The summed E-state index contributed by atoms with van der Waals surface area (Å²) in [5.41, 5.74) is -0.0261. The van der Waals surface area contributed by atoms with Crippen LogP contribution >= 0.6 is 0 Å². The van der Waals surface area contributed by atoms with Gasteiger partial charge in [0.05, 0.1) is 11.0 Å². The number of halogens is 2. The number of H-pyrrole nitrogens is 1. The molecule has 1 heterocycles. The van der Waals surface area contributed by atoms with Gasteiger partial charge < -0.3 is 30.5 Å². The van der Waals surface area contributed by atoms with E-state index >= 15 is 0 Å².